The normalized spacial score (nSPS) is 12.2. The fourth-order valence-electron chi connectivity index (χ4n) is 2.89. The Kier molecular flexibility index (Phi) is 9.18. The molecule has 0 amide bonds. The molecule has 0 aliphatic rings. The Labute approximate surface area is 219 Å². The van der Waals surface area contributed by atoms with Gasteiger partial charge in [-0.15, -0.1) is 0 Å². The number of hydrogen-bond donors (Lipinski definition) is 6. The van der Waals surface area contributed by atoms with Gasteiger partial charge < -0.3 is 16.0 Å². The van der Waals surface area contributed by atoms with E-state index in [4.69, 9.17) is 9.11 Å². The predicted octanol–water partition coefficient (Wildman–Crippen LogP) is 0.823. The van der Waals surface area contributed by atoms with Crippen molar-refractivity contribution in [3.8, 4) is 0 Å². The molecule has 0 atom stereocenters. The zero-order valence-corrected chi connectivity index (χ0v) is 22.3. The number of anilines is 4. The summed E-state index contributed by atoms with van der Waals surface area (Å²) in [7, 11) is -11.9. The molecule has 0 saturated carbocycles. The van der Waals surface area contributed by atoms with E-state index in [0.29, 0.717) is 5.69 Å². The van der Waals surface area contributed by atoms with E-state index in [0.717, 1.165) is 17.4 Å². The second-order valence-electron chi connectivity index (χ2n) is 7.91. The molecule has 1 heterocycles. The fourth-order valence-corrected chi connectivity index (χ4v) is 4.16. The molecule has 6 N–H and O–H groups in total. The molecule has 0 spiro atoms. The van der Waals surface area contributed by atoms with Crippen LogP contribution in [0.25, 0.3) is 0 Å². The van der Waals surface area contributed by atoms with Gasteiger partial charge in [-0.25, -0.2) is 13.1 Å². The van der Waals surface area contributed by atoms with Crippen LogP contribution in [0.5, 0.6) is 0 Å². The molecule has 0 bridgehead atoms. The van der Waals surface area contributed by atoms with Gasteiger partial charge in [0.15, 0.2) is 0 Å². The lowest BCUT2D eigenvalue weighted by molar-refractivity contribution is 0.481. The van der Waals surface area contributed by atoms with Crippen LogP contribution in [0.15, 0.2) is 53.4 Å². The molecule has 2 aromatic carbocycles. The quantitative estimate of drug-likeness (QED) is 0.152. The van der Waals surface area contributed by atoms with Crippen molar-refractivity contribution in [2.45, 2.75) is 18.0 Å². The Morgan fingerprint density at radius 1 is 0.711 bits per heavy atom. The summed E-state index contributed by atoms with van der Waals surface area (Å²) in [6.07, 6.45) is 1.07. The first-order valence-electron chi connectivity index (χ1n) is 10.7. The van der Waals surface area contributed by atoms with E-state index in [9.17, 15) is 25.3 Å². The Morgan fingerprint density at radius 2 is 1.24 bits per heavy atom. The topological polar surface area (TPSA) is 230 Å². The highest BCUT2D eigenvalue weighted by Crippen LogP contribution is 2.19. The highest BCUT2D eigenvalue weighted by Gasteiger charge is 2.12. The van der Waals surface area contributed by atoms with Crippen LogP contribution in [0.2, 0.25) is 0 Å². The van der Waals surface area contributed by atoms with Crippen molar-refractivity contribution in [1.82, 2.24) is 19.7 Å². The molecule has 0 radical (unpaired) electrons. The second kappa shape index (κ2) is 12.0. The number of nitrogens with zero attached hydrogens (tertiary/aromatic N) is 3. The average Bonchev–Trinajstić information content (AvgIpc) is 2.80. The molecule has 0 unspecified atom stereocenters. The van der Waals surface area contributed by atoms with Crippen molar-refractivity contribution in [1.29, 1.82) is 0 Å². The lowest BCUT2D eigenvalue weighted by Gasteiger charge is -2.12. The first-order chi connectivity index (χ1) is 17.7. The molecule has 0 aliphatic carbocycles. The fraction of sp³-hybridized carbons (Fsp3) is 0.250. The Morgan fingerprint density at radius 3 is 1.76 bits per heavy atom. The first-order valence-corrected chi connectivity index (χ1v) is 15.7. The van der Waals surface area contributed by atoms with Crippen LogP contribution in [0.4, 0.5) is 23.5 Å². The van der Waals surface area contributed by atoms with Crippen molar-refractivity contribution < 1.29 is 34.4 Å². The monoisotopic (exact) mass is 587 g/mol. The summed E-state index contributed by atoms with van der Waals surface area (Å²) in [6.45, 7) is 0.239. The van der Waals surface area contributed by atoms with Gasteiger partial charge in [-0.2, -0.15) is 31.8 Å². The molecule has 15 nitrogen and oxygen atoms in total. The first kappa shape index (κ1) is 29.1. The van der Waals surface area contributed by atoms with Crippen molar-refractivity contribution >= 4 is 53.8 Å². The minimum atomic E-state index is -4.36. The number of nitrogens with one attached hydrogen (secondary N) is 4. The molecule has 18 heteroatoms. The van der Waals surface area contributed by atoms with Gasteiger partial charge in [0.25, 0.3) is 20.2 Å². The van der Waals surface area contributed by atoms with E-state index in [1.807, 2.05) is 0 Å². The summed E-state index contributed by atoms with van der Waals surface area (Å²) in [5.41, 5.74) is 1.97. The third-order valence-corrected chi connectivity index (χ3v) is 6.96. The van der Waals surface area contributed by atoms with E-state index >= 15 is 0 Å². The van der Waals surface area contributed by atoms with Crippen molar-refractivity contribution in [2.75, 3.05) is 34.5 Å². The van der Waals surface area contributed by atoms with Gasteiger partial charge in [-0.1, -0.05) is 24.3 Å². The molecule has 3 aromatic rings. The standard InChI is InChI=1S/C20H25N7O8S3/c1-36(28,29)23-13-15-4-2-14(3-5-15)12-22-19-25-18(21-10-11-37(30,31)32)26-20(27-19)24-16-6-8-17(9-7-16)38(33,34)35/h2-9,23H,10-13H2,1H3,(H,30,31,32)(H,33,34,35)(H3,21,22,24,25,26,27). The number of sulfonamides is 1. The maximum absolute atomic E-state index is 11.2. The number of benzene rings is 2. The molecule has 0 aliphatic heterocycles. The van der Waals surface area contributed by atoms with E-state index < -0.39 is 36.0 Å². The molecular formula is C20H25N7O8S3. The SMILES string of the molecule is CS(=O)(=O)NCc1ccc(CNc2nc(NCCS(=O)(=O)O)nc(Nc3ccc(S(=O)(=O)O)cc3)n2)cc1. The molecule has 38 heavy (non-hydrogen) atoms. The highest BCUT2D eigenvalue weighted by molar-refractivity contribution is 7.88. The van der Waals surface area contributed by atoms with Crippen LogP contribution in [0.3, 0.4) is 0 Å². The Balaban J connectivity index is 1.75. The summed E-state index contributed by atoms with van der Waals surface area (Å²) in [5.74, 6) is -0.458. The zero-order valence-electron chi connectivity index (χ0n) is 19.9. The Bertz CT molecular complexity index is 1580. The molecule has 0 fully saturated rings. The lowest BCUT2D eigenvalue weighted by atomic mass is 10.1. The number of hydrogen-bond acceptors (Lipinski definition) is 12. The van der Waals surface area contributed by atoms with Gasteiger partial charge >= 0.3 is 0 Å². The zero-order chi connectivity index (χ0) is 28.0. The van der Waals surface area contributed by atoms with Crippen LogP contribution in [0.1, 0.15) is 11.1 Å². The van der Waals surface area contributed by atoms with E-state index in [2.05, 4.69) is 35.6 Å². The lowest BCUT2D eigenvalue weighted by Crippen LogP contribution is -2.21. The maximum Gasteiger partial charge on any atom is 0.294 e. The summed E-state index contributed by atoms with van der Waals surface area (Å²) in [5, 5.41) is 8.54. The van der Waals surface area contributed by atoms with Crippen molar-refractivity contribution in [3.05, 3.63) is 59.7 Å². The van der Waals surface area contributed by atoms with E-state index in [1.165, 1.54) is 24.3 Å². The van der Waals surface area contributed by atoms with E-state index in [1.54, 1.807) is 24.3 Å². The predicted molar refractivity (Wildman–Crippen MR) is 140 cm³/mol. The Hall–Kier alpha value is -3.42. The second-order valence-corrected chi connectivity index (χ2v) is 12.7. The maximum atomic E-state index is 11.2. The molecular weight excluding hydrogens is 562 g/mol. The summed E-state index contributed by atoms with van der Waals surface area (Å²) in [4.78, 5) is 12.3. The van der Waals surface area contributed by atoms with Crippen LogP contribution < -0.4 is 20.7 Å². The molecule has 1 aromatic heterocycles. The van der Waals surface area contributed by atoms with Crippen LogP contribution in [0, 0.1) is 0 Å². The third-order valence-electron chi connectivity index (χ3n) is 4.70. The molecule has 206 valence electrons. The highest BCUT2D eigenvalue weighted by atomic mass is 32.2. The smallest absolute Gasteiger partial charge is 0.294 e. The van der Waals surface area contributed by atoms with Crippen LogP contribution in [-0.4, -0.2) is 67.9 Å². The number of aromatic nitrogens is 3. The summed E-state index contributed by atoms with van der Waals surface area (Å²) >= 11 is 0. The van der Waals surface area contributed by atoms with Gasteiger partial charge in [-0.3, -0.25) is 9.11 Å². The van der Waals surface area contributed by atoms with Gasteiger partial charge in [0.05, 0.1) is 16.9 Å². The summed E-state index contributed by atoms with van der Waals surface area (Å²) in [6, 6.07) is 12.2. The minimum absolute atomic E-state index is 0.00889. The van der Waals surface area contributed by atoms with Gasteiger partial charge in [0.2, 0.25) is 27.9 Å². The largest absolute Gasteiger partial charge is 0.353 e. The average molecular weight is 588 g/mol. The van der Waals surface area contributed by atoms with Crippen molar-refractivity contribution in [3.63, 3.8) is 0 Å². The van der Waals surface area contributed by atoms with Crippen LogP contribution >= 0.6 is 0 Å². The van der Waals surface area contributed by atoms with Crippen LogP contribution in [-0.2, 0) is 43.3 Å². The minimum Gasteiger partial charge on any atom is -0.353 e. The number of rotatable bonds is 13. The third kappa shape index (κ3) is 10.1. The summed E-state index contributed by atoms with van der Waals surface area (Å²) < 4.78 is 87.5. The molecule has 3 rings (SSSR count). The van der Waals surface area contributed by atoms with Gasteiger partial charge in [0, 0.05) is 25.3 Å². The van der Waals surface area contributed by atoms with E-state index in [-0.39, 0.29) is 42.4 Å². The van der Waals surface area contributed by atoms with Crippen molar-refractivity contribution in [2.24, 2.45) is 0 Å². The molecule has 0 saturated heterocycles. The van der Waals surface area contributed by atoms with Gasteiger partial charge in [0.1, 0.15) is 0 Å². The van der Waals surface area contributed by atoms with Gasteiger partial charge in [-0.05, 0) is 35.4 Å².